The lowest BCUT2D eigenvalue weighted by Gasteiger charge is -2.34. The molecule has 2 atom stereocenters. The molecule has 1 aromatic rings. The molecule has 2 aliphatic rings. The molecule has 104 valence electrons. The lowest BCUT2D eigenvalue weighted by Crippen LogP contribution is -2.45. The van der Waals surface area contributed by atoms with Crippen molar-refractivity contribution >= 4 is 5.91 Å². The summed E-state index contributed by atoms with van der Waals surface area (Å²) < 4.78 is 1.69. The van der Waals surface area contributed by atoms with Gasteiger partial charge < -0.3 is 10.2 Å². The summed E-state index contributed by atoms with van der Waals surface area (Å²) in [5.74, 6) is 0.776. The number of aryl methyl sites for hydroxylation is 1. The number of carbonyl (C=O) groups excluding carboxylic acids is 1. The number of hydrogen-bond donors (Lipinski definition) is 1. The van der Waals surface area contributed by atoms with E-state index in [4.69, 9.17) is 0 Å². The Kier molecular flexibility index (Phi) is 3.55. The average molecular weight is 262 g/mol. The molecule has 2 aliphatic heterocycles. The largest absolute Gasteiger partial charge is 0.335 e. The predicted octanol–water partition coefficient (Wildman–Crippen LogP) is 1.02. The monoisotopic (exact) mass is 262 g/mol. The van der Waals surface area contributed by atoms with Crippen LogP contribution in [0.15, 0.2) is 12.4 Å². The van der Waals surface area contributed by atoms with Gasteiger partial charge in [-0.05, 0) is 44.7 Å². The van der Waals surface area contributed by atoms with Crippen molar-refractivity contribution in [1.82, 2.24) is 20.0 Å². The van der Waals surface area contributed by atoms with Gasteiger partial charge in [0.2, 0.25) is 0 Å². The highest BCUT2D eigenvalue weighted by atomic mass is 16.2. The number of nitrogens with zero attached hydrogens (tertiary/aromatic N) is 3. The van der Waals surface area contributed by atoms with E-state index in [-0.39, 0.29) is 5.91 Å². The SMILES string of the molecule is Cn1cc(C(=O)N2CCCC2C2CCCNC2)cn1. The number of piperidine rings is 1. The number of carbonyl (C=O) groups is 1. The van der Waals surface area contributed by atoms with Gasteiger partial charge in [0.15, 0.2) is 0 Å². The zero-order valence-corrected chi connectivity index (χ0v) is 11.5. The molecule has 1 aromatic heterocycles. The van der Waals surface area contributed by atoms with Crippen LogP contribution in [0.25, 0.3) is 0 Å². The summed E-state index contributed by atoms with van der Waals surface area (Å²) in [7, 11) is 1.85. The maximum atomic E-state index is 12.6. The Morgan fingerprint density at radius 1 is 1.42 bits per heavy atom. The maximum absolute atomic E-state index is 12.6. The van der Waals surface area contributed by atoms with E-state index < -0.39 is 0 Å². The lowest BCUT2D eigenvalue weighted by atomic mass is 9.90. The van der Waals surface area contributed by atoms with Crippen molar-refractivity contribution < 1.29 is 4.79 Å². The Morgan fingerprint density at radius 2 is 2.32 bits per heavy atom. The average Bonchev–Trinajstić information content (AvgIpc) is 3.07. The van der Waals surface area contributed by atoms with Gasteiger partial charge in [0.05, 0.1) is 11.8 Å². The number of nitrogens with one attached hydrogen (secondary N) is 1. The zero-order chi connectivity index (χ0) is 13.2. The summed E-state index contributed by atoms with van der Waals surface area (Å²) >= 11 is 0. The first-order valence-electron chi connectivity index (χ1n) is 7.26. The second-order valence-corrected chi connectivity index (χ2v) is 5.72. The summed E-state index contributed by atoms with van der Waals surface area (Å²) in [6, 6.07) is 0.417. The van der Waals surface area contributed by atoms with E-state index >= 15 is 0 Å². The quantitative estimate of drug-likeness (QED) is 0.866. The van der Waals surface area contributed by atoms with Crippen LogP contribution in [0.3, 0.4) is 0 Å². The fourth-order valence-electron chi connectivity index (χ4n) is 3.44. The van der Waals surface area contributed by atoms with E-state index in [9.17, 15) is 4.79 Å². The minimum Gasteiger partial charge on any atom is -0.335 e. The molecule has 1 amide bonds. The van der Waals surface area contributed by atoms with Crippen LogP contribution < -0.4 is 5.32 Å². The maximum Gasteiger partial charge on any atom is 0.257 e. The van der Waals surface area contributed by atoms with Crippen LogP contribution in [0.2, 0.25) is 0 Å². The van der Waals surface area contributed by atoms with Gasteiger partial charge in [-0.25, -0.2) is 0 Å². The Balaban J connectivity index is 1.73. The van der Waals surface area contributed by atoms with Gasteiger partial charge in [0.25, 0.3) is 5.91 Å². The minimum absolute atomic E-state index is 0.154. The third-order valence-corrected chi connectivity index (χ3v) is 4.39. The highest BCUT2D eigenvalue weighted by Gasteiger charge is 2.35. The van der Waals surface area contributed by atoms with Crippen molar-refractivity contribution in [3.05, 3.63) is 18.0 Å². The molecular weight excluding hydrogens is 240 g/mol. The number of amides is 1. The number of likely N-dealkylation sites (tertiary alicyclic amines) is 1. The predicted molar refractivity (Wildman–Crippen MR) is 72.9 cm³/mol. The Bertz CT molecular complexity index is 450. The lowest BCUT2D eigenvalue weighted by molar-refractivity contribution is 0.0670. The molecule has 2 saturated heterocycles. The molecule has 1 N–H and O–H groups in total. The first-order valence-corrected chi connectivity index (χ1v) is 7.26. The summed E-state index contributed by atoms with van der Waals surface area (Å²) in [6.45, 7) is 3.08. The first-order chi connectivity index (χ1) is 9.25. The third kappa shape index (κ3) is 2.52. The fraction of sp³-hybridized carbons (Fsp3) is 0.714. The molecule has 0 spiro atoms. The number of rotatable bonds is 2. The topological polar surface area (TPSA) is 50.2 Å². The molecule has 0 radical (unpaired) electrons. The van der Waals surface area contributed by atoms with Crippen LogP contribution in [0.4, 0.5) is 0 Å². The van der Waals surface area contributed by atoms with Crippen molar-refractivity contribution in [2.75, 3.05) is 19.6 Å². The van der Waals surface area contributed by atoms with Gasteiger partial charge in [-0.2, -0.15) is 5.10 Å². The van der Waals surface area contributed by atoms with Gasteiger partial charge >= 0.3 is 0 Å². The molecule has 2 unspecified atom stereocenters. The van der Waals surface area contributed by atoms with Crippen LogP contribution in [0, 0.1) is 5.92 Å². The van der Waals surface area contributed by atoms with Gasteiger partial charge in [0, 0.05) is 25.8 Å². The van der Waals surface area contributed by atoms with Crippen molar-refractivity contribution in [3.63, 3.8) is 0 Å². The van der Waals surface area contributed by atoms with E-state index in [1.54, 1.807) is 10.9 Å². The molecule has 0 saturated carbocycles. The molecule has 0 bridgehead atoms. The molecule has 3 rings (SSSR count). The molecule has 19 heavy (non-hydrogen) atoms. The van der Waals surface area contributed by atoms with E-state index in [1.165, 1.54) is 12.8 Å². The van der Waals surface area contributed by atoms with Crippen LogP contribution in [0.5, 0.6) is 0 Å². The standard InChI is InChI=1S/C14H22N4O/c1-17-10-12(9-16-17)14(19)18-7-3-5-13(18)11-4-2-6-15-8-11/h9-11,13,15H,2-8H2,1H3. The van der Waals surface area contributed by atoms with Crippen LogP contribution in [-0.2, 0) is 7.05 Å². The molecule has 0 aromatic carbocycles. The highest BCUT2D eigenvalue weighted by molar-refractivity contribution is 5.94. The van der Waals surface area contributed by atoms with Crippen molar-refractivity contribution in [3.8, 4) is 0 Å². The second kappa shape index (κ2) is 5.33. The second-order valence-electron chi connectivity index (χ2n) is 5.72. The van der Waals surface area contributed by atoms with Crippen LogP contribution in [-0.4, -0.2) is 46.3 Å². The first kappa shape index (κ1) is 12.7. The summed E-state index contributed by atoms with van der Waals surface area (Å²) in [4.78, 5) is 14.6. The summed E-state index contributed by atoms with van der Waals surface area (Å²) in [5, 5.41) is 7.56. The van der Waals surface area contributed by atoms with E-state index in [0.29, 0.717) is 12.0 Å². The molecule has 5 nitrogen and oxygen atoms in total. The van der Waals surface area contributed by atoms with Crippen LogP contribution >= 0.6 is 0 Å². The molecule has 2 fully saturated rings. The van der Waals surface area contributed by atoms with E-state index in [2.05, 4.69) is 15.3 Å². The molecule has 5 heteroatoms. The Hall–Kier alpha value is -1.36. The molecule has 3 heterocycles. The Morgan fingerprint density at radius 3 is 3.00 bits per heavy atom. The van der Waals surface area contributed by atoms with Crippen LogP contribution in [0.1, 0.15) is 36.0 Å². The normalized spacial score (nSPS) is 27.7. The summed E-state index contributed by atoms with van der Waals surface area (Å²) in [6.07, 6.45) is 8.25. The highest BCUT2D eigenvalue weighted by Crippen LogP contribution is 2.29. The van der Waals surface area contributed by atoms with E-state index in [0.717, 1.165) is 38.0 Å². The summed E-state index contributed by atoms with van der Waals surface area (Å²) in [5.41, 5.74) is 0.721. The molecule has 0 aliphatic carbocycles. The molecular formula is C14H22N4O. The third-order valence-electron chi connectivity index (χ3n) is 4.39. The zero-order valence-electron chi connectivity index (χ0n) is 11.5. The number of hydrogen-bond acceptors (Lipinski definition) is 3. The fourth-order valence-corrected chi connectivity index (χ4v) is 3.44. The van der Waals surface area contributed by atoms with Gasteiger partial charge in [-0.3, -0.25) is 9.48 Å². The van der Waals surface area contributed by atoms with Crippen molar-refractivity contribution in [1.29, 1.82) is 0 Å². The van der Waals surface area contributed by atoms with Crippen molar-refractivity contribution in [2.45, 2.75) is 31.7 Å². The van der Waals surface area contributed by atoms with Gasteiger partial charge in [-0.1, -0.05) is 0 Å². The minimum atomic E-state index is 0.154. The van der Waals surface area contributed by atoms with Crippen molar-refractivity contribution in [2.24, 2.45) is 13.0 Å². The van der Waals surface area contributed by atoms with Gasteiger partial charge in [-0.15, -0.1) is 0 Å². The number of aromatic nitrogens is 2. The van der Waals surface area contributed by atoms with Gasteiger partial charge in [0.1, 0.15) is 0 Å². The Labute approximate surface area is 114 Å². The smallest absolute Gasteiger partial charge is 0.257 e. The van der Waals surface area contributed by atoms with E-state index in [1.807, 2.05) is 13.2 Å².